The van der Waals surface area contributed by atoms with Gasteiger partial charge in [-0.05, 0) is 114 Å². The third-order valence-electron chi connectivity index (χ3n) is 12.4. The molecule has 0 heterocycles. The number of nitrogens with zero attached hydrogens (tertiary/aromatic N) is 1. The molecule has 0 amide bonds. The largest absolute Gasteiger partial charge is 0.310 e. The van der Waals surface area contributed by atoms with Gasteiger partial charge in [0, 0.05) is 16.9 Å². The number of anilines is 3. The highest BCUT2D eigenvalue weighted by molar-refractivity contribution is 6.07. The summed E-state index contributed by atoms with van der Waals surface area (Å²) in [5, 5.41) is 2.20. The second-order valence-electron chi connectivity index (χ2n) is 15.7. The number of benzene rings is 10. The van der Waals surface area contributed by atoms with Crippen LogP contribution in [0, 0.1) is 5.82 Å². The summed E-state index contributed by atoms with van der Waals surface area (Å²) in [6.45, 7) is 0. The molecule has 0 saturated heterocycles. The Balaban J connectivity index is 1.18. The normalized spacial score (nSPS) is 12.5. The molecule has 10 aromatic carbocycles. The smallest absolute Gasteiger partial charge is 0.123 e. The zero-order chi connectivity index (χ0) is 40.8. The van der Waals surface area contributed by atoms with Crippen molar-refractivity contribution in [3.63, 3.8) is 0 Å². The van der Waals surface area contributed by atoms with Gasteiger partial charge in [0.2, 0.25) is 0 Å². The summed E-state index contributed by atoms with van der Waals surface area (Å²) in [6.07, 6.45) is 0. The van der Waals surface area contributed by atoms with Gasteiger partial charge < -0.3 is 4.90 Å². The Morgan fingerprint density at radius 1 is 0.344 bits per heavy atom. The molecule has 1 aliphatic rings. The topological polar surface area (TPSA) is 3.24 Å². The third-order valence-corrected chi connectivity index (χ3v) is 12.4. The van der Waals surface area contributed by atoms with E-state index in [-0.39, 0.29) is 5.82 Å². The zero-order valence-electron chi connectivity index (χ0n) is 33.4. The molecule has 0 fully saturated rings. The lowest BCUT2D eigenvalue weighted by molar-refractivity contribution is 0.628. The average Bonchev–Trinajstić information content (AvgIpc) is 3.64. The quantitative estimate of drug-likeness (QED) is 0.148. The van der Waals surface area contributed by atoms with Crippen molar-refractivity contribution in [1.82, 2.24) is 0 Å². The van der Waals surface area contributed by atoms with Crippen LogP contribution in [-0.2, 0) is 5.41 Å². The summed E-state index contributed by atoms with van der Waals surface area (Å²) in [5.74, 6) is -0.248. The van der Waals surface area contributed by atoms with Crippen LogP contribution in [0.4, 0.5) is 21.5 Å². The molecule has 0 radical (unpaired) electrons. The van der Waals surface area contributed by atoms with E-state index in [9.17, 15) is 4.39 Å². The van der Waals surface area contributed by atoms with Crippen LogP contribution in [0.3, 0.4) is 0 Å². The molecule has 0 bridgehead atoms. The van der Waals surface area contributed by atoms with Gasteiger partial charge in [0.05, 0.1) is 11.1 Å². The maximum Gasteiger partial charge on any atom is 0.123 e. The van der Waals surface area contributed by atoms with Gasteiger partial charge in [-0.25, -0.2) is 4.39 Å². The summed E-state index contributed by atoms with van der Waals surface area (Å²) < 4.78 is 14.7. The minimum Gasteiger partial charge on any atom is -0.310 e. The molecule has 61 heavy (non-hydrogen) atoms. The summed E-state index contributed by atoms with van der Waals surface area (Å²) in [4.78, 5) is 2.45. The molecule has 11 rings (SSSR count). The summed E-state index contributed by atoms with van der Waals surface area (Å²) in [6, 6.07) is 85.8. The van der Waals surface area contributed by atoms with Crippen molar-refractivity contribution in [3.05, 3.63) is 271 Å². The Labute approximate surface area is 356 Å². The molecule has 0 atom stereocenters. The Kier molecular flexibility index (Phi) is 8.98. The van der Waals surface area contributed by atoms with E-state index in [1.54, 1.807) is 12.1 Å². The fourth-order valence-corrected chi connectivity index (χ4v) is 9.82. The number of rotatable bonds is 8. The van der Waals surface area contributed by atoms with E-state index in [4.69, 9.17) is 0 Å². The van der Waals surface area contributed by atoms with Crippen molar-refractivity contribution in [3.8, 4) is 44.5 Å². The van der Waals surface area contributed by atoms with Gasteiger partial charge >= 0.3 is 0 Å². The SMILES string of the molecule is Fc1cccc(-c2cccc3cccc(-c4cccc(N(c5ccc(-c6ccccc6)cc5)c5cccc6c5C(c5ccccc5)(c5ccccc5)c5ccccc5-6)c4)c23)c1. The maximum absolute atomic E-state index is 14.7. The molecular formula is C59H40FN. The van der Waals surface area contributed by atoms with Crippen LogP contribution in [-0.4, -0.2) is 0 Å². The lowest BCUT2D eigenvalue weighted by atomic mass is 9.67. The summed E-state index contributed by atoms with van der Waals surface area (Å²) in [7, 11) is 0. The molecule has 10 aromatic rings. The van der Waals surface area contributed by atoms with Crippen molar-refractivity contribution in [1.29, 1.82) is 0 Å². The molecule has 0 unspecified atom stereocenters. The van der Waals surface area contributed by atoms with Gasteiger partial charge in [-0.1, -0.05) is 200 Å². The summed E-state index contributed by atoms with van der Waals surface area (Å²) in [5.41, 5.74) is 16.3. The van der Waals surface area contributed by atoms with E-state index >= 15 is 0 Å². The molecule has 1 aliphatic carbocycles. The molecule has 1 nitrogen and oxygen atoms in total. The van der Waals surface area contributed by atoms with E-state index < -0.39 is 5.41 Å². The fraction of sp³-hybridized carbons (Fsp3) is 0.0169. The second kappa shape index (κ2) is 15.1. The maximum atomic E-state index is 14.7. The van der Waals surface area contributed by atoms with E-state index in [0.717, 1.165) is 55.7 Å². The van der Waals surface area contributed by atoms with E-state index in [2.05, 4.69) is 223 Å². The highest BCUT2D eigenvalue weighted by atomic mass is 19.1. The highest BCUT2D eigenvalue weighted by Crippen LogP contribution is 2.60. The van der Waals surface area contributed by atoms with Gasteiger partial charge in [0.1, 0.15) is 5.82 Å². The number of hydrogen-bond acceptors (Lipinski definition) is 1. The van der Waals surface area contributed by atoms with E-state index in [0.29, 0.717) is 0 Å². The van der Waals surface area contributed by atoms with Gasteiger partial charge in [-0.15, -0.1) is 0 Å². The molecule has 0 spiro atoms. The first-order chi connectivity index (χ1) is 30.2. The van der Waals surface area contributed by atoms with Crippen molar-refractivity contribution < 1.29 is 4.39 Å². The molecule has 0 saturated carbocycles. The molecule has 0 aromatic heterocycles. The lowest BCUT2D eigenvalue weighted by Gasteiger charge is -2.38. The van der Waals surface area contributed by atoms with Crippen LogP contribution < -0.4 is 4.90 Å². The molecule has 0 aliphatic heterocycles. The molecule has 288 valence electrons. The van der Waals surface area contributed by atoms with Crippen LogP contribution in [0.15, 0.2) is 243 Å². The van der Waals surface area contributed by atoms with E-state index in [1.807, 2.05) is 6.07 Å². The number of hydrogen-bond donors (Lipinski definition) is 0. The highest BCUT2D eigenvalue weighted by Gasteiger charge is 2.48. The van der Waals surface area contributed by atoms with Crippen molar-refractivity contribution in [2.24, 2.45) is 0 Å². The molecular weight excluding hydrogens is 742 g/mol. The van der Waals surface area contributed by atoms with Crippen LogP contribution in [0.25, 0.3) is 55.3 Å². The van der Waals surface area contributed by atoms with E-state index in [1.165, 1.54) is 45.0 Å². The Morgan fingerprint density at radius 3 is 1.52 bits per heavy atom. The summed E-state index contributed by atoms with van der Waals surface area (Å²) >= 11 is 0. The predicted octanol–water partition coefficient (Wildman–Crippen LogP) is 15.8. The monoisotopic (exact) mass is 781 g/mol. The number of fused-ring (bicyclic) bond motifs is 4. The molecule has 0 N–H and O–H groups in total. The Morgan fingerprint density at radius 2 is 0.852 bits per heavy atom. The van der Waals surface area contributed by atoms with Gasteiger partial charge in [0.15, 0.2) is 0 Å². The third kappa shape index (κ3) is 6.07. The average molecular weight is 782 g/mol. The minimum atomic E-state index is -0.611. The first-order valence-corrected chi connectivity index (χ1v) is 20.9. The van der Waals surface area contributed by atoms with Gasteiger partial charge in [-0.3, -0.25) is 0 Å². The molecule has 2 heteroatoms. The number of halogens is 1. The standard InChI is InChI=1S/C59H40FN/c60-48-27-12-21-44(39-48)51-30-14-19-43-20-15-31-52(57(43)51)45-22-13-28-50(40-45)61(49-37-35-42(36-38-49)41-17-4-1-5-18-41)56-34-16-32-54-53-29-10-11-33-55(53)59(58(54)56,46-23-6-2-7-24-46)47-25-8-3-9-26-47/h1-40H. The van der Waals surface area contributed by atoms with Crippen LogP contribution in [0.1, 0.15) is 22.3 Å². The van der Waals surface area contributed by atoms with Crippen LogP contribution >= 0.6 is 0 Å². The minimum absolute atomic E-state index is 0.248. The van der Waals surface area contributed by atoms with Crippen LogP contribution in [0.5, 0.6) is 0 Å². The van der Waals surface area contributed by atoms with Gasteiger partial charge in [0.25, 0.3) is 0 Å². The first kappa shape index (κ1) is 36.3. The lowest BCUT2D eigenvalue weighted by Crippen LogP contribution is -2.30. The Bertz CT molecular complexity index is 3150. The first-order valence-electron chi connectivity index (χ1n) is 20.9. The van der Waals surface area contributed by atoms with Gasteiger partial charge in [-0.2, -0.15) is 0 Å². The zero-order valence-corrected chi connectivity index (χ0v) is 33.4. The van der Waals surface area contributed by atoms with Crippen LogP contribution in [0.2, 0.25) is 0 Å². The van der Waals surface area contributed by atoms with Crippen molar-refractivity contribution in [2.75, 3.05) is 4.90 Å². The Hall–Kier alpha value is -7.81. The van der Waals surface area contributed by atoms with Crippen molar-refractivity contribution in [2.45, 2.75) is 5.41 Å². The second-order valence-corrected chi connectivity index (χ2v) is 15.7. The predicted molar refractivity (Wildman–Crippen MR) is 252 cm³/mol. The fourth-order valence-electron chi connectivity index (χ4n) is 9.82. The van der Waals surface area contributed by atoms with Crippen molar-refractivity contribution >= 4 is 27.8 Å².